The third-order valence-corrected chi connectivity index (χ3v) is 3.30. The van der Waals surface area contributed by atoms with Crippen molar-refractivity contribution in [2.75, 3.05) is 19.6 Å². The van der Waals surface area contributed by atoms with Crippen molar-refractivity contribution in [3.8, 4) is 11.5 Å². The lowest BCUT2D eigenvalue weighted by atomic mass is 10.0. The average Bonchev–Trinajstić information content (AvgIpc) is 2.45. The van der Waals surface area contributed by atoms with Gasteiger partial charge in [-0.15, -0.1) is 0 Å². The van der Waals surface area contributed by atoms with Gasteiger partial charge in [0.1, 0.15) is 11.5 Å². The lowest BCUT2D eigenvalue weighted by Gasteiger charge is -2.16. The van der Waals surface area contributed by atoms with Crippen LogP contribution in [0.15, 0.2) is 12.1 Å². The fourth-order valence-electron chi connectivity index (χ4n) is 2.28. The molecule has 0 saturated heterocycles. The molecule has 0 saturated carbocycles. The van der Waals surface area contributed by atoms with Gasteiger partial charge < -0.3 is 14.9 Å². The number of hydrogen-bond donors (Lipinski definition) is 2. The van der Waals surface area contributed by atoms with Crippen LogP contribution in [0.1, 0.15) is 18.2 Å². The fraction of sp³-hybridized carbons (Fsp3) is 0.357. The summed E-state index contributed by atoms with van der Waals surface area (Å²) >= 11 is 0. The topological polar surface area (TPSA) is 69.4 Å². The van der Waals surface area contributed by atoms with E-state index in [1.807, 2.05) is 19.1 Å². The zero-order valence-electron chi connectivity index (χ0n) is 11.7. The highest BCUT2D eigenvalue weighted by molar-refractivity contribution is 5.99. The van der Waals surface area contributed by atoms with Crippen LogP contribution in [-0.4, -0.2) is 19.2 Å². The number of aryl methyl sites for hydroxylation is 1. The first kappa shape index (κ1) is 13.4. The van der Waals surface area contributed by atoms with Crippen molar-refractivity contribution in [3.63, 3.8) is 0 Å². The van der Waals surface area contributed by atoms with E-state index in [9.17, 15) is 0 Å². The highest BCUT2D eigenvalue weighted by atomic mass is 16.5. The number of fused-ring (bicyclic) bond motifs is 1. The summed E-state index contributed by atoms with van der Waals surface area (Å²) in [4.78, 5) is 4.66. The Kier molecular flexibility index (Phi) is 3.76. The SMILES string of the molecule is CCc1nc2cc(OC)cc(OC)c2c(NN)c1C. The van der Waals surface area contributed by atoms with Gasteiger partial charge in [0, 0.05) is 17.8 Å². The number of hydrogen-bond acceptors (Lipinski definition) is 5. The summed E-state index contributed by atoms with van der Waals surface area (Å²) in [6.07, 6.45) is 0.843. The molecule has 1 heterocycles. The van der Waals surface area contributed by atoms with Crippen molar-refractivity contribution in [2.45, 2.75) is 20.3 Å². The van der Waals surface area contributed by atoms with Gasteiger partial charge in [-0.2, -0.15) is 0 Å². The van der Waals surface area contributed by atoms with Crippen LogP contribution in [0.5, 0.6) is 11.5 Å². The molecule has 2 aromatic rings. The molecule has 5 nitrogen and oxygen atoms in total. The number of hydrazine groups is 1. The van der Waals surface area contributed by atoms with Crippen molar-refractivity contribution in [1.82, 2.24) is 4.98 Å². The minimum absolute atomic E-state index is 0.695. The Labute approximate surface area is 112 Å². The van der Waals surface area contributed by atoms with Crippen molar-refractivity contribution in [1.29, 1.82) is 0 Å². The van der Waals surface area contributed by atoms with Gasteiger partial charge in [-0.25, -0.2) is 0 Å². The molecule has 0 spiro atoms. The third kappa shape index (κ3) is 2.17. The molecule has 0 aliphatic heterocycles. The quantitative estimate of drug-likeness (QED) is 0.653. The summed E-state index contributed by atoms with van der Waals surface area (Å²) in [5, 5.41) is 0.875. The van der Waals surface area contributed by atoms with Crippen LogP contribution >= 0.6 is 0 Å². The molecule has 3 N–H and O–H groups in total. The van der Waals surface area contributed by atoms with E-state index in [2.05, 4.69) is 17.3 Å². The molecule has 2 rings (SSSR count). The smallest absolute Gasteiger partial charge is 0.134 e. The number of nitrogen functional groups attached to an aromatic ring is 1. The molecule has 5 heteroatoms. The zero-order chi connectivity index (χ0) is 14.0. The number of pyridine rings is 1. The highest BCUT2D eigenvalue weighted by Crippen LogP contribution is 2.37. The second-order valence-electron chi connectivity index (χ2n) is 4.28. The molecule has 0 aliphatic carbocycles. The van der Waals surface area contributed by atoms with E-state index in [0.29, 0.717) is 11.5 Å². The van der Waals surface area contributed by atoms with Crippen LogP contribution < -0.4 is 20.7 Å². The summed E-state index contributed by atoms with van der Waals surface area (Å²) < 4.78 is 10.7. The average molecular weight is 261 g/mol. The van der Waals surface area contributed by atoms with Gasteiger partial charge in [0.15, 0.2) is 0 Å². The van der Waals surface area contributed by atoms with Gasteiger partial charge in [-0.3, -0.25) is 10.8 Å². The van der Waals surface area contributed by atoms with Gasteiger partial charge in [0.2, 0.25) is 0 Å². The molecule has 0 unspecified atom stereocenters. The van der Waals surface area contributed by atoms with E-state index < -0.39 is 0 Å². The second-order valence-corrected chi connectivity index (χ2v) is 4.28. The Bertz CT molecular complexity index is 611. The van der Waals surface area contributed by atoms with Crippen LogP contribution in [0.4, 0.5) is 5.69 Å². The van der Waals surface area contributed by atoms with Crippen LogP contribution in [0, 0.1) is 6.92 Å². The minimum Gasteiger partial charge on any atom is -0.497 e. The molecule has 102 valence electrons. The first-order chi connectivity index (χ1) is 9.15. The van der Waals surface area contributed by atoms with Gasteiger partial charge in [-0.05, 0) is 18.9 Å². The van der Waals surface area contributed by atoms with E-state index in [0.717, 1.165) is 34.3 Å². The molecule has 0 atom stereocenters. The van der Waals surface area contributed by atoms with E-state index in [4.69, 9.17) is 15.3 Å². The Morgan fingerprint density at radius 1 is 1.26 bits per heavy atom. The number of anilines is 1. The Morgan fingerprint density at radius 3 is 2.53 bits per heavy atom. The summed E-state index contributed by atoms with van der Waals surface area (Å²) in [6, 6.07) is 3.72. The maximum atomic E-state index is 5.67. The number of ether oxygens (including phenoxy) is 2. The van der Waals surface area contributed by atoms with Crippen LogP contribution in [0.3, 0.4) is 0 Å². The summed E-state index contributed by atoms with van der Waals surface area (Å²) in [6.45, 7) is 4.07. The molecule has 0 aliphatic rings. The molecule has 0 fully saturated rings. The third-order valence-electron chi connectivity index (χ3n) is 3.30. The first-order valence-electron chi connectivity index (χ1n) is 6.18. The maximum Gasteiger partial charge on any atom is 0.134 e. The number of rotatable bonds is 4. The van der Waals surface area contributed by atoms with Crippen LogP contribution in [-0.2, 0) is 6.42 Å². The molecule has 0 amide bonds. The monoisotopic (exact) mass is 261 g/mol. The fourth-order valence-corrected chi connectivity index (χ4v) is 2.28. The van der Waals surface area contributed by atoms with Crippen LogP contribution in [0.25, 0.3) is 10.9 Å². The van der Waals surface area contributed by atoms with Crippen molar-refractivity contribution in [3.05, 3.63) is 23.4 Å². The van der Waals surface area contributed by atoms with Crippen LogP contribution in [0.2, 0.25) is 0 Å². The minimum atomic E-state index is 0.695. The molecule has 0 radical (unpaired) electrons. The molecule has 0 bridgehead atoms. The number of methoxy groups -OCH3 is 2. The first-order valence-corrected chi connectivity index (χ1v) is 6.18. The second kappa shape index (κ2) is 5.32. The van der Waals surface area contributed by atoms with E-state index in [1.54, 1.807) is 14.2 Å². The Balaban J connectivity index is 2.89. The predicted molar refractivity (Wildman–Crippen MR) is 76.8 cm³/mol. The lowest BCUT2D eigenvalue weighted by molar-refractivity contribution is 0.398. The molecular weight excluding hydrogens is 242 g/mol. The number of benzene rings is 1. The standard InChI is InChI=1S/C14H19N3O2/c1-5-10-8(2)14(17-15)13-11(16-10)6-9(18-3)7-12(13)19-4/h6-7H,5,15H2,1-4H3,(H,16,17). The largest absolute Gasteiger partial charge is 0.497 e. The van der Waals surface area contributed by atoms with Crippen molar-refractivity contribution in [2.24, 2.45) is 5.84 Å². The van der Waals surface area contributed by atoms with E-state index in [1.165, 1.54) is 0 Å². The maximum absolute atomic E-state index is 5.67. The number of nitrogens with two attached hydrogens (primary N) is 1. The lowest BCUT2D eigenvalue weighted by Crippen LogP contribution is -2.11. The normalized spacial score (nSPS) is 10.6. The van der Waals surface area contributed by atoms with Gasteiger partial charge in [0.25, 0.3) is 0 Å². The predicted octanol–water partition coefficient (Wildman–Crippen LogP) is 2.41. The number of aromatic nitrogens is 1. The van der Waals surface area contributed by atoms with Gasteiger partial charge in [-0.1, -0.05) is 6.92 Å². The molecule has 1 aromatic carbocycles. The number of nitrogens with zero attached hydrogens (tertiary/aromatic N) is 1. The zero-order valence-corrected chi connectivity index (χ0v) is 11.7. The van der Waals surface area contributed by atoms with Gasteiger partial charge in [0.05, 0.1) is 30.8 Å². The molecule has 19 heavy (non-hydrogen) atoms. The highest BCUT2D eigenvalue weighted by Gasteiger charge is 2.15. The molecule has 1 aromatic heterocycles. The van der Waals surface area contributed by atoms with Crippen molar-refractivity contribution < 1.29 is 9.47 Å². The Hall–Kier alpha value is -2.01. The summed E-state index contributed by atoms with van der Waals surface area (Å²) in [7, 11) is 3.25. The van der Waals surface area contributed by atoms with E-state index >= 15 is 0 Å². The van der Waals surface area contributed by atoms with Crippen molar-refractivity contribution >= 4 is 16.6 Å². The Morgan fingerprint density at radius 2 is 2.00 bits per heavy atom. The summed E-state index contributed by atoms with van der Waals surface area (Å²) in [5.41, 5.74) is 6.48. The summed E-state index contributed by atoms with van der Waals surface area (Å²) in [5.74, 6) is 7.08. The van der Waals surface area contributed by atoms with E-state index in [-0.39, 0.29) is 0 Å². The molecular formula is C14H19N3O2. The van der Waals surface area contributed by atoms with Gasteiger partial charge >= 0.3 is 0 Å². The number of nitrogens with one attached hydrogen (secondary N) is 1.